The largest absolute Gasteiger partial charge is 0.352 e. The van der Waals surface area contributed by atoms with Gasteiger partial charge in [-0.25, -0.2) is 10.9 Å². The standard InChI is InChI=1S/C17H24N4O/c22-17(19-13-8-7-11-4-3-5-12(11)13)16-10-15(20-21-16)14-6-1-2-9-18-14/h1-2,6,9,11-13,15-16,20-21H,3-5,7-8,10H2,(H,19,22)/t11-,12-,13-,15?,16?/m1/s1. The van der Waals surface area contributed by atoms with E-state index in [0.29, 0.717) is 6.04 Å². The van der Waals surface area contributed by atoms with Crippen molar-refractivity contribution >= 4 is 5.91 Å². The number of hydrogen-bond donors (Lipinski definition) is 3. The van der Waals surface area contributed by atoms with Crippen LogP contribution in [0.5, 0.6) is 0 Å². The molecular weight excluding hydrogens is 276 g/mol. The van der Waals surface area contributed by atoms with Crippen LogP contribution in [-0.4, -0.2) is 23.0 Å². The molecule has 0 aromatic carbocycles. The number of carbonyl (C=O) groups is 1. The van der Waals surface area contributed by atoms with Gasteiger partial charge in [-0.05, 0) is 49.7 Å². The Hall–Kier alpha value is -1.46. The molecule has 1 aliphatic heterocycles. The summed E-state index contributed by atoms with van der Waals surface area (Å²) in [6.45, 7) is 0. The van der Waals surface area contributed by atoms with Gasteiger partial charge in [0.15, 0.2) is 0 Å². The molecule has 5 heteroatoms. The summed E-state index contributed by atoms with van der Waals surface area (Å²) in [5, 5.41) is 3.30. The molecule has 0 bridgehead atoms. The molecule has 3 N–H and O–H groups in total. The smallest absolute Gasteiger partial charge is 0.238 e. The molecule has 5 atom stereocenters. The molecule has 22 heavy (non-hydrogen) atoms. The molecular formula is C17H24N4O. The molecule has 5 nitrogen and oxygen atoms in total. The van der Waals surface area contributed by atoms with Crippen LogP contribution in [0.1, 0.15) is 50.3 Å². The number of pyridine rings is 1. The summed E-state index contributed by atoms with van der Waals surface area (Å²) >= 11 is 0. The molecule has 1 saturated heterocycles. The van der Waals surface area contributed by atoms with E-state index in [1.165, 1.54) is 25.7 Å². The molecule has 118 valence electrons. The van der Waals surface area contributed by atoms with Crippen LogP contribution in [-0.2, 0) is 4.79 Å². The highest BCUT2D eigenvalue weighted by Crippen LogP contribution is 2.44. The van der Waals surface area contributed by atoms with Gasteiger partial charge in [0.05, 0.1) is 11.7 Å². The van der Waals surface area contributed by atoms with Crippen LogP contribution in [0.4, 0.5) is 0 Å². The third-order valence-electron chi connectivity index (χ3n) is 5.68. The van der Waals surface area contributed by atoms with E-state index in [4.69, 9.17) is 0 Å². The second-order valence-corrected chi connectivity index (χ2v) is 6.93. The van der Waals surface area contributed by atoms with Gasteiger partial charge in [-0.3, -0.25) is 9.78 Å². The van der Waals surface area contributed by atoms with Crippen molar-refractivity contribution in [2.24, 2.45) is 11.8 Å². The number of hydrogen-bond acceptors (Lipinski definition) is 4. The minimum absolute atomic E-state index is 0.111. The average Bonchev–Trinajstić information content (AvgIpc) is 3.26. The predicted octanol–water partition coefficient (Wildman–Crippen LogP) is 1.68. The maximum atomic E-state index is 12.5. The third-order valence-corrected chi connectivity index (χ3v) is 5.68. The zero-order valence-electron chi connectivity index (χ0n) is 12.8. The Balaban J connectivity index is 1.34. The number of rotatable bonds is 3. The number of carbonyl (C=O) groups excluding carboxylic acids is 1. The fourth-order valence-electron chi connectivity index (χ4n) is 4.53. The van der Waals surface area contributed by atoms with Crippen molar-refractivity contribution in [1.82, 2.24) is 21.2 Å². The lowest BCUT2D eigenvalue weighted by Crippen LogP contribution is -2.48. The van der Waals surface area contributed by atoms with Crippen LogP contribution in [0.3, 0.4) is 0 Å². The Labute approximate surface area is 131 Å². The highest BCUT2D eigenvalue weighted by atomic mass is 16.2. The van der Waals surface area contributed by atoms with E-state index in [1.807, 2.05) is 18.2 Å². The summed E-state index contributed by atoms with van der Waals surface area (Å²) in [6.07, 6.45) is 9.00. The van der Waals surface area contributed by atoms with Crippen LogP contribution < -0.4 is 16.2 Å². The summed E-state index contributed by atoms with van der Waals surface area (Å²) in [4.78, 5) is 16.9. The van der Waals surface area contributed by atoms with Gasteiger partial charge in [0.25, 0.3) is 0 Å². The normalized spacial score (nSPS) is 37.2. The maximum Gasteiger partial charge on any atom is 0.238 e. The fraction of sp³-hybridized carbons (Fsp3) is 0.647. The lowest BCUT2D eigenvalue weighted by molar-refractivity contribution is -0.123. The summed E-state index contributed by atoms with van der Waals surface area (Å²) < 4.78 is 0. The first-order chi connectivity index (χ1) is 10.8. The fourth-order valence-corrected chi connectivity index (χ4v) is 4.53. The van der Waals surface area contributed by atoms with Crippen LogP contribution in [0, 0.1) is 11.8 Å². The molecule has 2 heterocycles. The first-order valence-electron chi connectivity index (χ1n) is 8.53. The minimum Gasteiger partial charge on any atom is -0.352 e. The van der Waals surface area contributed by atoms with Gasteiger partial charge in [-0.15, -0.1) is 0 Å². The van der Waals surface area contributed by atoms with Gasteiger partial charge in [0, 0.05) is 12.2 Å². The van der Waals surface area contributed by atoms with E-state index in [-0.39, 0.29) is 18.0 Å². The third kappa shape index (κ3) is 2.63. The molecule has 1 aromatic rings. The van der Waals surface area contributed by atoms with Crippen LogP contribution in [0.15, 0.2) is 24.4 Å². The van der Waals surface area contributed by atoms with E-state index in [0.717, 1.165) is 30.4 Å². The summed E-state index contributed by atoms with van der Waals surface area (Å²) in [7, 11) is 0. The van der Waals surface area contributed by atoms with Crippen molar-refractivity contribution in [1.29, 1.82) is 0 Å². The van der Waals surface area contributed by atoms with Crippen molar-refractivity contribution < 1.29 is 4.79 Å². The molecule has 3 fully saturated rings. The van der Waals surface area contributed by atoms with E-state index in [2.05, 4.69) is 21.2 Å². The average molecular weight is 300 g/mol. The van der Waals surface area contributed by atoms with Crippen LogP contribution in [0.25, 0.3) is 0 Å². The Bertz CT molecular complexity index is 535. The highest BCUT2D eigenvalue weighted by molar-refractivity contribution is 5.82. The SMILES string of the molecule is O=C(N[C@@H]1CC[C@H]2CCC[C@H]21)C1CC(c2ccccn2)NN1. The molecule has 2 unspecified atom stereocenters. The Morgan fingerprint density at radius 1 is 1.18 bits per heavy atom. The van der Waals surface area contributed by atoms with E-state index in [1.54, 1.807) is 6.20 Å². The Kier molecular flexibility index (Phi) is 3.84. The molecule has 0 spiro atoms. The van der Waals surface area contributed by atoms with Gasteiger partial charge in [-0.1, -0.05) is 18.9 Å². The van der Waals surface area contributed by atoms with Crippen LogP contribution in [0.2, 0.25) is 0 Å². The van der Waals surface area contributed by atoms with Crippen LogP contribution >= 0.6 is 0 Å². The van der Waals surface area contributed by atoms with Crippen molar-refractivity contribution in [3.63, 3.8) is 0 Å². The summed E-state index contributed by atoms with van der Waals surface area (Å²) in [6, 6.07) is 6.24. The number of nitrogens with one attached hydrogen (secondary N) is 3. The number of aromatic nitrogens is 1. The molecule has 4 rings (SSSR count). The van der Waals surface area contributed by atoms with E-state index >= 15 is 0 Å². The summed E-state index contributed by atoms with van der Waals surface area (Å²) in [5.74, 6) is 1.73. The first kappa shape index (κ1) is 14.2. The van der Waals surface area contributed by atoms with Crippen molar-refractivity contribution in [2.45, 2.75) is 56.7 Å². The topological polar surface area (TPSA) is 66.0 Å². The molecule has 2 aliphatic carbocycles. The molecule has 0 radical (unpaired) electrons. The number of nitrogens with zero attached hydrogens (tertiary/aromatic N) is 1. The first-order valence-corrected chi connectivity index (χ1v) is 8.53. The second-order valence-electron chi connectivity index (χ2n) is 6.93. The van der Waals surface area contributed by atoms with Crippen molar-refractivity contribution in [3.8, 4) is 0 Å². The Morgan fingerprint density at radius 2 is 2.14 bits per heavy atom. The monoisotopic (exact) mass is 300 g/mol. The lowest BCUT2D eigenvalue weighted by atomic mass is 9.97. The highest BCUT2D eigenvalue weighted by Gasteiger charge is 2.41. The number of hydrazine groups is 1. The van der Waals surface area contributed by atoms with Gasteiger partial charge >= 0.3 is 0 Å². The van der Waals surface area contributed by atoms with Gasteiger partial charge < -0.3 is 5.32 Å². The van der Waals surface area contributed by atoms with E-state index in [9.17, 15) is 4.79 Å². The van der Waals surface area contributed by atoms with Gasteiger partial charge in [0.2, 0.25) is 5.91 Å². The molecule has 1 aromatic heterocycles. The molecule has 3 aliphatic rings. The Morgan fingerprint density at radius 3 is 3.00 bits per heavy atom. The maximum absolute atomic E-state index is 12.5. The second kappa shape index (κ2) is 5.97. The zero-order valence-corrected chi connectivity index (χ0v) is 12.8. The number of amides is 1. The van der Waals surface area contributed by atoms with Gasteiger partial charge in [-0.2, -0.15) is 0 Å². The van der Waals surface area contributed by atoms with Crippen molar-refractivity contribution in [3.05, 3.63) is 30.1 Å². The van der Waals surface area contributed by atoms with Crippen molar-refractivity contribution in [2.75, 3.05) is 0 Å². The zero-order chi connectivity index (χ0) is 14.9. The van der Waals surface area contributed by atoms with E-state index < -0.39 is 0 Å². The lowest BCUT2D eigenvalue weighted by Gasteiger charge is -2.21. The predicted molar refractivity (Wildman–Crippen MR) is 83.7 cm³/mol. The number of fused-ring (bicyclic) bond motifs is 1. The van der Waals surface area contributed by atoms with Gasteiger partial charge in [0.1, 0.15) is 6.04 Å². The quantitative estimate of drug-likeness (QED) is 0.795. The minimum atomic E-state index is -0.160. The molecule has 2 saturated carbocycles. The molecule has 1 amide bonds. The summed E-state index contributed by atoms with van der Waals surface area (Å²) in [5.41, 5.74) is 7.33.